The summed E-state index contributed by atoms with van der Waals surface area (Å²) in [7, 11) is 0. The van der Waals surface area contributed by atoms with Crippen LogP contribution in [0.1, 0.15) is 25.0 Å². The zero-order chi connectivity index (χ0) is 47.9. The Bertz CT molecular complexity index is 4120. The van der Waals surface area contributed by atoms with E-state index in [-0.39, 0.29) is 5.41 Å². The minimum absolute atomic E-state index is 0.131. The highest BCUT2D eigenvalue weighted by Crippen LogP contribution is 2.54. The Balaban J connectivity index is 0.851. The molecule has 0 spiro atoms. The lowest BCUT2D eigenvalue weighted by atomic mass is 9.82. The van der Waals surface area contributed by atoms with Gasteiger partial charge >= 0.3 is 0 Å². The van der Waals surface area contributed by atoms with Crippen molar-refractivity contribution < 1.29 is 0 Å². The molecule has 0 saturated carbocycles. The predicted molar refractivity (Wildman–Crippen MR) is 304 cm³/mol. The molecule has 1 aliphatic rings. The molecule has 1 aliphatic carbocycles. The zero-order valence-electron chi connectivity index (χ0n) is 40.2. The average molecular weight is 920 g/mol. The molecule has 2 heterocycles. The van der Waals surface area contributed by atoms with Crippen molar-refractivity contribution in [1.82, 2.24) is 9.13 Å². The third-order valence-electron chi connectivity index (χ3n) is 15.4. The Morgan fingerprint density at radius 3 is 1.11 bits per heavy atom. The van der Waals surface area contributed by atoms with Crippen molar-refractivity contribution in [2.45, 2.75) is 19.3 Å². The molecule has 3 nitrogen and oxygen atoms in total. The minimum atomic E-state index is -0.131. The van der Waals surface area contributed by atoms with Gasteiger partial charge in [0.05, 0.1) is 39.1 Å². The molecule has 2 aromatic heterocycles. The Labute approximate surface area is 419 Å². The van der Waals surface area contributed by atoms with Gasteiger partial charge in [0.25, 0.3) is 0 Å². The van der Waals surface area contributed by atoms with E-state index < -0.39 is 0 Å². The summed E-state index contributed by atoms with van der Waals surface area (Å²) in [6, 6.07) is 95.8. The lowest BCUT2D eigenvalue weighted by Crippen LogP contribution is -2.16. The first-order valence-electron chi connectivity index (χ1n) is 25.0. The molecule has 0 aliphatic heterocycles. The highest BCUT2D eigenvalue weighted by molar-refractivity contribution is 6.11. The Hall–Kier alpha value is -9.18. The summed E-state index contributed by atoms with van der Waals surface area (Å²) < 4.78 is 4.84. The van der Waals surface area contributed by atoms with Crippen LogP contribution in [0.15, 0.2) is 261 Å². The zero-order valence-corrected chi connectivity index (χ0v) is 40.2. The minimum Gasteiger partial charge on any atom is -0.310 e. The molecule has 13 aromatic rings. The van der Waals surface area contributed by atoms with Crippen molar-refractivity contribution in [1.29, 1.82) is 0 Å². The smallest absolute Gasteiger partial charge is 0.0543 e. The summed E-state index contributed by atoms with van der Waals surface area (Å²) in [6.45, 7) is 4.72. The second-order valence-electron chi connectivity index (χ2n) is 19.7. The lowest BCUT2D eigenvalue weighted by Gasteiger charge is -2.29. The molecule has 0 atom stereocenters. The van der Waals surface area contributed by atoms with Crippen LogP contribution in [0.5, 0.6) is 0 Å². The number of benzene rings is 11. The summed E-state index contributed by atoms with van der Waals surface area (Å²) in [4.78, 5) is 2.46. The predicted octanol–water partition coefficient (Wildman–Crippen LogP) is 18.7. The maximum atomic E-state index is 2.46. The second-order valence-corrected chi connectivity index (χ2v) is 19.7. The number of nitrogens with zero attached hydrogens (tertiary/aromatic N) is 3. The lowest BCUT2D eigenvalue weighted by molar-refractivity contribution is 0.660. The largest absolute Gasteiger partial charge is 0.310 e. The van der Waals surface area contributed by atoms with Gasteiger partial charge in [-0.2, -0.15) is 0 Å². The highest BCUT2D eigenvalue weighted by Gasteiger charge is 2.37. The number of hydrogen-bond donors (Lipinski definition) is 0. The van der Waals surface area contributed by atoms with Crippen molar-refractivity contribution in [3.8, 4) is 55.9 Å². The van der Waals surface area contributed by atoms with E-state index in [1.165, 1.54) is 105 Å². The number of aromatic nitrogens is 2. The monoisotopic (exact) mass is 919 g/mol. The maximum absolute atomic E-state index is 2.46. The Morgan fingerprint density at radius 1 is 0.292 bits per heavy atom. The fourth-order valence-electron chi connectivity index (χ4n) is 12.0. The van der Waals surface area contributed by atoms with E-state index in [0.29, 0.717) is 0 Å². The fraction of sp³-hybridized carbons (Fsp3) is 0.0435. The molecule has 0 radical (unpaired) electrons. The number of para-hydroxylation sites is 6. The third kappa shape index (κ3) is 6.44. The summed E-state index contributed by atoms with van der Waals surface area (Å²) >= 11 is 0. The van der Waals surface area contributed by atoms with E-state index >= 15 is 0 Å². The number of rotatable bonds is 8. The van der Waals surface area contributed by atoms with Crippen molar-refractivity contribution in [3.05, 3.63) is 272 Å². The molecular weight excluding hydrogens is 871 g/mol. The first-order valence-corrected chi connectivity index (χ1v) is 25.0. The molecule has 0 N–H and O–H groups in total. The Morgan fingerprint density at radius 2 is 0.639 bits per heavy atom. The topological polar surface area (TPSA) is 13.1 Å². The molecule has 340 valence electrons. The van der Waals surface area contributed by atoms with Gasteiger partial charge in [-0.1, -0.05) is 208 Å². The summed E-state index contributed by atoms with van der Waals surface area (Å²) in [5, 5.41) is 5.04. The van der Waals surface area contributed by atoms with Gasteiger partial charge in [-0.15, -0.1) is 0 Å². The molecule has 11 aromatic carbocycles. The molecule has 72 heavy (non-hydrogen) atoms. The van der Waals surface area contributed by atoms with Crippen LogP contribution >= 0.6 is 0 Å². The quantitative estimate of drug-likeness (QED) is 0.148. The van der Waals surface area contributed by atoms with E-state index in [1.807, 2.05) is 0 Å². The van der Waals surface area contributed by atoms with Crippen molar-refractivity contribution in [2.75, 3.05) is 4.90 Å². The normalized spacial score (nSPS) is 12.7. The van der Waals surface area contributed by atoms with Crippen molar-refractivity contribution in [3.63, 3.8) is 0 Å². The van der Waals surface area contributed by atoms with E-state index in [4.69, 9.17) is 0 Å². The SMILES string of the molecule is CC1(C)c2ccccc2-c2c(N(c3ccc(-c4ccc(-c5ccccc5-n5c6ccccc6c6ccccc65)cc4)cc3)c3ccc(-c4ccccc4-n4c5ccccc5c5ccccc54)cc3)cccc21. The van der Waals surface area contributed by atoms with Gasteiger partial charge in [-0.25, -0.2) is 0 Å². The van der Waals surface area contributed by atoms with Crippen molar-refractivity contribution >= 4 is 60.7 Å². The third-order valence-corrected chi connectivity index (χ3v) is 15.4. The number of anilines is 3. The summed E-state index contributed by atoms with van der Waals surface area (Å²) in [5.74, 6) is 0. The average Bonchev–Trinajstić information content (AvgIpc) is 4.04. The first kappa shape index (κ1) is 41.8. The molecule has 14 rings (SSSR count). The van der Waals surface area contributed by atoms with E-state index in [9.17, 15) is 0 Å². The maximum Gasteiger partial charge on any atom is 0.0543 e. The molecular formula is C69H49N3. The molecule has 0 fully saturated rings. The van der Waals surface area contributed by atoms with Gasteiger partial charge in [0.15, 0.2) is 0 Å². The van der Waals surface area contributed by atoms with Gasteiger partial charge in [0.2, 0.25) is 0 Å². The Kier molecular flexibility index (Phi) is 9.56. The van der Waals surface area contributed by atoms with Gasteiger partial charge in [-0.05, 0) is 106 Å². The summed E-state index contributed by atoms with van der Waals surface area (Å²) in [5.41, 5.74) is 22.8. The van der Waals surface area contributed by atoms with Crippen molar-refractivity contribution in [2.24, 2.45) is 0 Å². The molecule has 0 saturated heterocycles. The first-order chi connectivity index (χ1) is 35.5. The van der Waals surface area contributed by atoms with Crippen LogP contribution in [-0.2, 0) is 5.41 Å². The van der Waals surface area contributed by atoms with Gasteiger partial charge in [0.1, 0.15) is 0 Å². The van der Waals surface area contributed by atoms with E-state index in [0.717, 1.165) is 22.6 Å². The van der Waals surface area contributed by atoms with Crippen LogP contribution in [0.4, 0.5) is 17.1 Å². The van der Waals surface area contributed by atoms with Crippen LogP contribution in [-0.4, -0.2) is 9.13 Å². The van der Waals surface area contributed by atoms with Gasteiger partial charge in [-0.3, -0.25) is 0 Å². The molecule has 3 heteroatoms. The van der Waals surface area contributed by atoms with Crippen LogP contribution in [0.25, 0.3) is 99.5 Å². The molecule has 0 bridgehead atoms. The number of fused-ring (bicyclic) bond motifs is 9. The second kappa shape index (κ2) is 16.5. The standard InChI is InChI=1S/C69H49N3/c1-69(2)59-25-10-3-24-58(59)68-60(69)26-17-33-67(68)70(51-44-40-49(41-45-51)53-19-5-12-28-62(53)72-65-31-15-8-22-56(65)57-23-9-16-32-66(57)72)50-42-38-47(39-43-50)46-34-36-48(37-35-46)52-18-4-11-27-61(52)71-63-29-13-6-20-54(63)55-21-7-14-30-64(55)71/h3-45H,1-2H3. The molecule has 0 unspecified atom stereocenters. The van der Waals surface area contributed by atoms with Crippen LogP contribution in [0.3, 0.4) is 0 Å². The number of hydrogen-bond acceptors (Lipinski definition) is 1. The van der Waals surface area contributed by atoms with Crippen LogP contribution < -0.4 is 4.90 Å². The van der Waals surface area contributed by atoms with E-state index in [2.05, 4.69) is 289 Å². The highest BCUT2D eigenvalue weighted by atomic mass is 15.1. The van der Waals surface area contributed by atoms with Crippen LogP contribution in [0, 0.1) is 0 Å². The van der Waals surface area contributed by atoms with Crippen LogP contribution in [0.2, 0.25) is 0 Å². The van der Waals surface area contributed by atoms with E-state index in [1.54, 1.807) is 0 Å². The molecule has 0 amide bonds. The van der Waals surface area contributed by atoms with Gasteiger partial charge in [0, 0.05) is 55.0 Å². The fourth-order valence-corrected chi connectivity index (χ4v) is 12.0. The summed E-state index contributed by atoms with van der Waals surface area (Å²) in [6.07, 6.45) is 0. The van der Waals surface area contributed by atoms with Gasteiger partial charge < -0.3 is 14.0 Å².